The van der Waals surface area contributed by atoms with E-state index in [1.807, 2.05) is 0 Å². The Hall–Kier alpha value is 0.279. The number of aliphatic hydroxyl groups excluding tert-OH is 2. The second-order valence-corrected chi connectivity index (χ2v) is 3.46. The molecule has 7 heteroatoms. The van der Waals surface area contributed by atoms with Crippen LogP contribution in [-0.4, -0.2) is 61.7 Å². The van der Waals surface area contributed by atoms with Gasteiger partial charge in [-0.25, -0.2) is 0 Å². The molecule has 0 aromatic rings. The van der Waals surface area contributed by atoms with Gasteiger partial charge in [-0.1, -0.05) is 0 Å². The molecule has 0 saturated heterocycles. The van der Waals surface area contributed by atoms with E-state index in [2.05, 4.69) is 10.6 Å². The zero-order chi connectivity index (χ0) is 12.8. The van der Waals surface area contributed by atoms with Crippen molar-refractivity contribution in [2.75, 3.05) is 39.3 Å². The van der Waals surface area contributed by atoms with Crippen LogP contribution in [0.3, 0.4) is 0 Å². The van der Waals surface area contributed by atoms with E-state index in [1.165, 1.54) is 0 Å². The number of rotatable bonds is 8. The van der Waals surface area contributed by atoms with E-state index in [1.54, 1.807) is 13.8 Å². The third-order valence-electron chi connectivity index (χ3n) is 1.33. The topological polar surface area (TPSA) is 116 Å². The van der Waals surface area contributed by atoms with Crippen molar-refractivity contribution in [1.29, 1.82) is 0 Å². The molecule has 0 heterocycles. The van der Waals surface area contributed by atoms with Crippen LogP contribution in [0.25, 0.3) is 22.1 Å². The predicted molar refractivity (Wildman–Crippen MR) is 67.9 cm³/mol. The summed E-state index contributed by atoms with van der Waals surface area (Å²) in [6.45, 7) is 6.06. The molecule has 0 bridgehead atoms. The molecular formula is C10H24CuN4O2-2. The zero-order valence-corrected chi connectivity index (χ0v) is 11.4. The average molecular weight is 296 g/mol. The minimum Gasteiger partial charge on any atom is -0.679 e. The Bertz CT molecular complexity index is 115. The largest absolute Gasteiger partial charge is 2.00 e. The van der Waals surface area contributed by atoms with Crippen LogP contribution >= 0.6 is 0 Å². The van der Waals surface area contributed by atoms with Crippen molar-refractivity contribution in [1.82, 2.24) is 0 Å². The maximum Gasteiger partial charge on any atom is 2.00 e. The maximum absolute atomic E-state index is 8.62. The number of hydrogen-bond donors (Lipinski definition) is 2. The Morgan fingerprint density at radius 1 is 0.882 bits per heavy atom. The molecule has 0 aromatic carbocycles. The smallest absolute Gasteiger partial charge is 0.679 e. The SMILES string of the molecule is CC(O)C[N-]CC[NH-].CC(O)C[N-]CC[NH-].[Cu+2]. The van der Waals surface area contributed by atoms with Crippen LogP contribution in [0.15, 0.2) is 0 Å². The second kappa shape index (κ2) is 18.6. The Labute approximate surface area is 115 Å². The van der Waals surface area contributed by atoms with Gasteiger partial charge in [-0.05, 0) is 13.8 Å². The predicted octanol–water partition coefficient (Wildman–Crippen LogP) is 1.58. The summed E-state index contributed by atoms with van der Waals surface area (Å²) in [5, 5.41) is 25.0. The summed E-state index contributed by atoms with van der Waals surface area (Å²) in [5.41, 5.74) is 13.3. The van der Waals surface area contributed by atoms with Gasteiger partial charge >= 0.3 is 17.1 Å². The molecule has 0 aliphatic heterocycles. The molecule has 0 aromatic heterocycles. The number of nitrogens with one attached hydrogen (secondary N) is 2. The molecular weight excluding hydrogens is 272 g/mol. The van der Waals surface area contributed by atoms with E-state index < -0.39 is 0 Å². The fraction of sp³-hybridized carbons (Fsp3) is 1.00. The number of nitrogens with zero attached hydrogens (tertiary/aromatic N) is 2. The summed E-state index contributed by atoms with van der Waals surface area (Å²) >= 11 is 0. The molecule has 17 heavy (non-hydrogen) atoms. The van der Waals surface area contributed by atoms with Crippen molar-refractivity contribution in [3.05, 3.63) is 22.1 Å². The molecule has 2 atom stereocenters. The van der Waals surface area contributed by atoms with Crippen LogP contribution < -0.4 is 0 Å². The molecule has 2 unspecified atom stereocenters. The van der Waals surface area contributed by atoms with Gasteiger partial charge in [0.05, 0.1) is 0 Å². The van der Waals surface area contributed by atoms with E-state index in [0.717, 1.165) is 0 Å². The van der Waals surface area contributed by atoms with Gasteiger partial charge in [-0.3, -0.25) is 0 Å². The summed E-state index contributed by atoms with van der Waals surface area (Å²) in [6, 6.07) is 0. The molecule has 0 aliphatic rings. The van der Waals surface area contributed by atoms with Gasteiger partial charge in [0.1, 0.15) is 0 Å². The number of aliphatic hydroxyl groups is 2. The minimum absolute atomic E-state index is 0. The van der Waals surface area contributed by atoms with Gasteiger partial charge in [0.15, 0.2) is 0 Å². The molecule has 109 valence electrons. The first-order chi connectivity index (χ1) is 7.54. The van der Waals surface area contributed by atoms with Crippen LogP contribution in [0.2, 0.25) is 0 Å². The summed E-state index contributed by atoms with van der Waals surface area (Å²) in [5.74, 6) is 0. The van der Waals surface area contributed by atoms with Crippen LogP contribution in [0, 0.1) is 0 Å². The normalized spacial score (nSPS) is 13.1. The van der Waals surface area contributed by atoms with E-state index in [9.17, 15) is 0 Å². The van der Waals surface area contributed by atoms with E-state index in [-0.39, 0.29) is 29.3 Å². The van der Waals surface area contributed by atoms with Crippen LogP contribution in [-0.2, 0) is 17.1 Å². The zero-order valence-electron chi connectivity index (χ0n) is 10.5. The van der Waals surface area contributed by atoms with Gasteiger partial charge in [-0.2, -0.15) is 26.2 Å². The maximum atomic E-state index is 8.62. The molecule has 0 spiro atoms. The second-order valence-electron chi connectivity index (χ2n) is 3.46. The molecule has 0 fully saturated rings. The van der Waals surface area contributed by atoms with Crippen LogP contribution in [0.4, 0.5) is 0 Å². The van der Waals surface area contributed by atoms with Gasteiger partial charge in [0.25, 0.3) is 0 Å². The number of hydrogen-bond acceptors (Lipinski definition) is 2. The molecule has 0 amide bonds. The standard InChI is InChI=1S/2C5H12N2O.Cu/c2*1-5(8)4-7-3-2-6;/h2*5-6,8H,2-4H2,1H3;/q2*-2;+2. The summed E-state index contributed by atoms with van der Waals surface area (Å²) in [6.07, 6.45) is -0.692. The summed E-state index contributed by atoms with van der Waals surface area (Å²) < 4.78 is 0. The van der Waals surface area contributed by atoms with Crippen molar-refractivity contribution in [2.45, 2.75) is 26.1 Å². The Balaban J connectivity index is -0.000000218. The van der Waals surface area contributed by atoms with E-state index in [4.69, 9.17) is 21.7 Å². The van der Waals surface area contributed by atoms with Crippen molar-refractivity contribution >= 4 is 0 Å². The Morgan fingerprint density at radius 2 is 1.18 bits per heavy atom. The molecule has 0 aliphatic carbocycles. The fourth-order valence-electron chi connectivity index (χ4n) is 0.714. The molecule has 1 radical (unpaired) electrons. The van der Waals surface area contributed by atoms with Crippen molar-refractivity contribution in [3.63, 3.8) is 0 Å². The Morgan fingerprint density at radius 3 is 1.35 bits per heavy atom. The first kappa shape index (κ1) is 22.5. The average Bonchev–Trinajstić information content (AvgIpc) is 2.18. The monoisotopic (exact) mass is 295 g/mol. The molecule has 4 N–H and O–H groups in total. The summed E-state index contributed by atoms with van der Waals surface area (Å²) in [4.78, 5) is 0. The summed E-state index contributed by atoms with van der Waals surface area (Å²) in [7, 11) is 0. The van der Waals surface area contributed by atoms with Crippen molar-refractivity contribution < 1.29 is 27.3 Å². The van der Waals surface area contributed by atoms with Crippen molar-refractivity contribution in [2.24, 2.45) is 0 Å². The first-order valence-corrected chi connectivity index (χ1v) is 5.46. The van der Waals surface area contributed by atoms with E-state index >= 15 is 0 Å². The van der Waals surface area contributed by atoms with Gasteiger partial charge in [-0.15, -0.1) is 13.1 Å². The van der Waals surface area contributed by atoms with Crippen molar-refractivity contribution in [3.8, 4) is 0 Å². The van der Waals surface area contributed by atoms with Crippen LogP contribution in [0.5, 0.6) is 0 Å². The van der Waals surface area contributed by atoms with Gasteiger partial charge in [0.2, 0.25) is 0 Å². The van der Waals surface area contributed by atoms with Gasteiger partial charge < -0.3 is 32.3 Å². The third kappa shape index (κ3) is 31.4. The minimum atomic E-state index is -0.346. The van der Waals surface area contributed by atoms with Gasteiger partial charge in [0, 0.05) is 12.2 Å². The molecule has 6 nitrogen and oxygen atoms in total. The van der Waals surface area contributed by atoms with Crippen LogP contribution in [0.1, 0.15) is 13.8 Å². The molecule has 0 saturated carbocycles. The first-order valence-electron chi connectivity index (χ1n) is 5.46. The molecule has 0 rings (SSSR count). The fourth-order valence-corrected chi connectivity index (χ4v) is 0.714. The van der Waals surface area contributed by atoms with E-state index in [0.29, 0.717) is 39.3 Å². The quantitative estimate of drug-likeness (QED) is 0.522. The third-order valence-corrected chi connectivity index (χ3v) is 1.33. The Kier molecular flexibility index (Phi) is 24.6.